The van der Waals surface area contributed by atoms with Gasteiger partial charge in [-0.1, -0.05) is 18.7 Å². The molecule has 0 radical (unpaired) electrons. The van der Waals surface area contributed by atoms with Gasteiger partial charge in [-0.3, -0.25) is 0 Å². The second-order valence-electron chi connectivity index (χ2n) is 6.00. The maximum atomic E-state index is 13.7. The van der Waals surface area contributed by atoms with Crippen molar-refractivity contribution in [3.8, 4) is 6.07 Å². The number of nitriles is 1. The van der Waals surface area contributed by atoms with Gasteiger partial charge in [-0.05, 0) is 31.5 Å². The number of carbonyl (C=O) groups is 2. The number of rotatable bonds is 6. The summed E-state index contributed by atoms with van der Waals surface area (Å²) in [6, 6.07) is 7.38. The molecule has 0 fully saturated rings. The van der Waals surface area contributed by atoms with E-state index in [-0.39, 0.29) is 41.6 Å². The minimum absolute atomic E-state index is 0.0163. The zero-order valence-corrected chi connectivity index (χ0v) is 15.5. The van der Waals surface area contributed by atoms with Gasteiger partial charge >= 0.3 is 11.9 Å². The van der Waals surface area contributed by atoms with Crippen molar-refractivity contribution >= 4 is 11.9 Å². The van der Waals surface area contributed by atoms with E-state index in [1.807, 2.05) is 6.07 Å². The molecule has 8 heteroatoms. The first-order valence-corrected chi connectivity index (χ1v) is 8.29. The van der Waals surface area contributed by atoms with Crippen LogP contribution in [0.15, 0.2) is 59.2 Å². The van der Waals surface area contributed by atoms with Crippen molar-refractivity contribution < 1.29 is 28.2 Å². The molecule has 2 rings (SSSR count). The average molecular weight is 386 g/mol. The van der Waals surface area contributed by atoms with Crippen molar-refractivity contribution in [2.24, 2.45) is 5.73 Å². The summed E-state index contributed by atoms with van der Waals surface area (Å²) in [4.78, 5) is 24.0. The summed E-state index contributed by atoms with van der Waals surface area (Å²) in [7, 11) is 0. The number of allylic oxidation sites excluding steroid dienone is 2. The van der Waals surface area contributed by atoms with Crippen molar-refractivity contribution in [1.29, 1.82) is 5.26 Å². The Balaban J connectivity index is 2.25. The summed E-state index contributed by atoms with van der Waals surface area (Å²) >= 11 is 0. The number of ether oxygens (including phenoxy) is 3. The summed E-state index contributed by atoms with van der Waals surface area (Å²) in [6.45, 7) is 6.04. The van der Waals surface area contributed by atoms with E-state index in [9.17, 15) is 19.2 Å². The van der Waals surface area contributed by atoms with E-state index >= 15 is 0 Å². The molecule has 2 N–H and O–H groups in total. The molecule has 1 aliphatic rings. The molecular weight excluding hydrogens is 367 g/mol. The largest absolute Gasteiger partial charge is 0.459 e. The average Bonchev–Trinajstić information content (AvgIpc) is 2.64. The number of benzene rings is 1. The predicted octanol–water partition coefficient (Wildman–Crippen LogP) is 2.57. The van der Waals surface area contributed by atoms with E-state index in [1.54, 1.807) is 6.07 Å². The minimum Gasteiger partial charge on any atom is -0.459 e. The van der Waals surface area contributed by atoms with Gasteiger partial charge in [0.15, 0.2) is 0 Å². The van der Waals surface area contributed by atoms with E-state index in [4.69, 9.17) is 19.9 Å². The SMILES string of the molecule is C=C(C)C(=O)OCCOC(=O)C1=C(C)OC(N)=C(C#N)[C@@H]1c1cccc(F)c1. The Labute approximate surface area is 161 Å². The number of nitrogens with zero attached hydrogens (tertiary/aromatic N) is 1. The first-order valence-electron chi connectivity index (χ1n) is 8.29. The highest BCUT2D eigenvalue weighted by Crippen LogP contribution is 2.39. The molecule has 1 aromatic carbocycles. The van der Waals surface area contributed by atoms with Crippen LogP contribution in [0.4, 0.5) is 4.39 Å². The van der Waals surface area contributed by atoms with Crippen LogP contribution in [0.2, 0.25) is 0 Å². The Morgan fingerprint density at radius 3 is 2.64 bits per heavy atom. The third-order valence-corrected chi connectivity index (χ3v) is 3.91. The normalized spacial score (nSPS) is 16.1. The molecule has 28 heavy (non-hydrogen) atoms. The maximum absolute atomic E-state index is 13.7. The van der Waals surface area contributed by atoms with Crippen LogP contribution in [0.1, 0.15) is 25.3 Å². The van der Waals surface area contributed by atoms with E-state index in [0.29, 0.717) is 5.56 Å². The molecule has 1 heterocycles. The summed E-state index contributed by atoms with van der Waals surface area (Å²) in [6.07, 6.45) is 0. The van der Waals surface area contributed by atoms with Gasteiger partial charge in [0.1, 0.15) is 36.4 Å². The number of nitrogens with two attached hydrogens (primary N) is 1. The first kappa shape index (κ1) is 20.7. The van der Waals surface area contributed by atoms with Crippen LogP contribution >= 0.6 is 0 Å². The van der Waals surface area contributed by atoms with Gasteiger partial charge in [0.2, 0.25) is 5.88 Å². The standard InChI is InChI=1S/C20H19FN2O5/c1-11(2)19(24)26-7-8-27-20(25)16-12(3)28-18(23)15(10-22)17(16)13-5-4-6-14(21)9-13/h4-6,9,17H,1,7-8,23H2,2-3H3/t17-/m0/s1. The maximum Gasteiger partial charge on any atom is 0.338 e. The number of hydrogen-bond donors (Lipinski definition) is 1. The van der Waals surface area contributed by atoms with Gasteiger partial charge in [0.25, 0.3) is 0 Å². The minimum atomic E-state index is -0.945. The number of esters is 2. The molecule has 0 bridgehead atoms. The van der Waals surface area contributed by atoms with Crippen LogP contribution < -0.4 is 5.73 Å². The molecular formula is C20H19FN2O5. The van der Waals surface area contributed by atoms with Gasteiger partial charge in [-0.2, -0.15) is 5.26 Å². The summed E-state index contributed by atoms with van der Waals surface area (Å²) in [5, 5.41) is 9.47. The van der Waals surface area contributed by atoms with Crippen molar-refractivity contribution in [1.82, 2.24) is 0 Å². The Kier molecular flexibility index (Phi) is 6.55. The molecule has 0 saturated heterocycles. The third-order valence-electron chi connectivity index (χ3n) is 3.91. The molecule has 0 amide bonds. The van der Waals surface area contributed by atoms with E-state index in [2.05, 4.69) is 6.58 Å². The Morgan fingerprint density at radius 1 is 1.36 bits per heavy atom. The van der Waals surface area contributed by atoms with Gasteiger partial charge in [-0.15, -0.1) is 0 Å². The Morgan fingerprint density at radius 2 is 2.04 bits per heavy atom. The van der Waals surface area contributed by atoms with Crippen LogP contribution in [0.3, 0.4) is 0 Å². The molecule has 0 aromatic heterocycles. The fourth-order valence-corrected chi connectivity index (χ4v) is 2.64. The van der Waals surface area contributed by atoms with Gasteiger partial charge < -0.3 is 19.9 Å². The second-order valence-corrected chi connectivity index (χ2v) is 6.00. The monoisotopic (exact) mass is 386 g/mol. The van der Waals surface area contributed by atoms with Crippen LogP contribution in [0.25, 0.3) is 0 Å². The zero-order chi connectivity index (χ0) is 20.8. The third kappa shape index (κ3) is 4.57. The van der Waals surface area contributed by atoms with Crippen molar-refractivity contribution in [3.05, 3.63) is 70.6 Å². The molecule has 0 unspecified atom stereocenters. The summed E-state index contributed by atoms with van der Waals surface area (Å²) in [5.41, 5.74) is 6.33. The second kappa shape index (κ2) is 8.86. The fraction of sp³-hybridized carbons (Fsp3) is 0.250. The first-order chi connectivity index (χ1) is 13.3. The zero-order valence-electron chi connectivity index (χ0n) is 15.5. The molecule has 1 atom stereocenters. The molecule has 0 saturated carbocycles. The molecule has 0 aliphatic carbocycles. The lowest BCUT2D eigenvalue weighted by atomic mass is 9.83. The van der Waals surface area contributed by atoms with Crippen molar-refractivity contribution in [2.45, 2.75) is 19.8 Å². The van der Waals surface area contributed by atoms with E-state index in [0.717, 1.165) is 0 Å². The fourth-order valence-electron chi connectivity index (χ4n) is 2.64. The van der Waals surface area contributed by atoms with E-state index in [1.165, 1.54) is 32.0 Å². The topological polar surface area (TPSA) is 112 Å². The van der Waals surface area contributed by atoms with Gasteiger partial charge in [0.05, 0.1) is 11.5 Å². The summed E-state index contributed by atoms with van der Waals surface area (Å²) in [5.74, 6) is -2.90. The van der Waals surface area contributed by atoms with Crippen molar-refractivity contribution in [3.63, 3.8) is 0 Å². The van der Waals surface area contributed by atoms with Gasteiger partial charge in [0, 0.05) is 5.57 Å². The summed E-state index contributed by atoms with van der Waals surface area (Å²) < 4.78 is 29.0. The lowest BCUT2D eigenvalue weighted by Crippen LogP contribution is -2.26. The number of halogens is 1. The Bertz CT molecular complexity index is 927. The van der Waals surface area contributed by atoms with Crippen LogP contribution in [-0.2, 0) is 23.8 Å². The highest BCUT2D eigenvalue weighted by Gasteiger charge is 2.36. The predicted molar refractivity (Wildman–Crippen MR) is 96.5 cm³/mol. The highest BCUT2D eigenvalue weighted by molar-refractivity contribution is 5.92. The van der Waals surface area contributed by atoms with Crippen LogP contribution in [0.5, 0.6) is 0 Å². The Hall–Kier alpha value is -3.60. The molecule has 7 nitrogen and oxygen atoms in total. The molecule has 1 aromatic rings. The number of carbonyl (C=O) groups excluding carboxylic acids is 2. The lowest BCUT2D eigenvalue weighted by molar-refractivity contribution is -0.147. The van der Waals surface area contributed by atoms with E-state index < -0.39 is 23.7 Å². The number of hydrogen-bond acceptors (Lipinski definition) is 7. The molecule has 146 valence electrons. The van der Waals surface area contributed by atoms with Gasteiger partial charge in [-0.25, -0.2) is 14.0 Å². The lowest BCUT2D eigenvalue weighted by Gasteiger charge is -2.26. The van der Waals surface area contributed by atoms with Crippen molar-refractivity contribution in [2.75, 3.05) is 13.2 Å². The van der Waals surface area contributed by atoms with Crippen LogP contribution in [0, 0.1) is 17.1 Å². The smallest absolute Gasteiger partial charge is 0.338 e. The molecule has 0 spiro atoms. The van der Waals surface area contributed by atoms with Crippen LogP contribution in [-0.4, -0.2) is 25.2 Å². The quantitative estimate of drug-likeness (QED) is 0.454. The highest BCUT2D eigenvalue weighted by atomic mass is 19.1. The molecule has 1 aliphatic heterocycles.